The Morgan fingerprint density at radius 2 is 2.00 bits per heavy atom. The number of sulfonamides is 1. The van der Waals surface area contributed by atoms with E-state index >= 15 is 0 Å². The predicted molar refractivity (Wildman–Crippen MR) is 110 cm³/mol. The first-order valence-corrected chi connectivity index (χ1v) is 12.1. The maximum Gasteiger partial charge on any atom is 0.266 e. The first kappa shape index (κ1) is 19.9. The highest BCUT2D eigenvalue weighted by molar-refractivity contribution is 7.93. The van der Waals surface area contributed by atoms with Gasteiger partial charge >= 0.3 is 0 Å². The van der Waals surface area contributed by atoms with Gasteiger partial charge in [-0.15, -0.1) is 11.3 Å². The quantitative estimate of drug-likeness (QED) is 0.699. The van der Waals surface area contributed by atoms with Gasteiger partial charge in [-0.1, -0.05) is 24.4 Å². The number of thiazole rings is 1. The van der Waals surface area contributed by atoms with Crippen molar-refractivity contribution in [3.63, 3.8) is 0 Å². The highest BCUT2D eigenvalue weighted by Crippen LogP contribution is 2.33. The zero-order chi connectivity index (χ0) is 19.7. The van der Waals surface area contributed by atoms with Crippen LogP contribution >= 0.6 is 22.9 Å². The van der Waals surface area contributed by atoms with E-state index in [2.05, 4.69) is 19.9 Å². The lowest BCUT2D eigenvalue weighted by Gasteiger charge is -2.45. The Kier molecular flexibility index (Phi) is 5.78. The molecule has 28 heavy (non-hydrogen) atoms. The third-order valence-electron chi connectivity index (χ3n) is 5.40. The van der Waals surface area contributed by atoms with E-state index in [0.717, 1.165) is 49.8 Å². The second-order valence-corrected chi connectivity index (χ2v) is 10.1. The summed E-state index contributed by atoms with van der Waals surface area (Å²) in [6, 6.07) is 2.94. The SMILES string of the molecule is O=S(=O)(Nc1nccs1)c1cc(Cl)c(N[C@H]2CCCC[C@@H]2N2CCC2)cc1F. The summed E-state index contributed by atoms with van der Waals surface area (Å²) in [6.07, 6.45) is 7.11. The number of hydrogen-bond acceptors (Lipinski definition) is 6. The molecule has 1 aromatic heterocycles. The van der Waals surface area contributed by atoms with Crippen molar-refractivity contribution < 1.29 is 12.8 Å². The fourth-order valence-electron chi connectivity index (χ4n) is 3.88. The van der Waals surface area contributed by atoms with Crippen molar-refractivity contribution in [3.8, 4) is 0 Å². The molecule has 2 N–H and O–H groups in total. The van der Waals surface area contributed by atoms with E-state index in [0.29, 0.717) is 11.7 Å². The van der Waals surface area contributed by atoms with Crippen LogP contribution in [0.2, 0.25) is 5.02 Å². The summed E-state index contributed by atoms with van der Waals surface area (Å²) in [5, 5.41) is 5.37. The molecule has 0 amide bonds. The number of benzene rings is 1. The minimum Gasteiger partial charge on any atom is -0.379 e. The third kappa shape index (κ3) is 4.12. The number of hydrogen-bond donors (Lipinski definition) is 2. The van der Waals surface area contributed by atoms with Crippen LogP contribution in [0.3, 0.4) is 0 Å². The number of anilines is 2. The summed E-state index contributed by atoms with van der Waals surface area (Å²) in [6.45, 7) is 2.20. The molecule has 2 aliphatic rings. The highest BCUT2D eigenvalue weighted by Gasteiger charge is 2.33. The maximum absolute atomic E-state index is 14.7. The molecular formula is C18H22ClFN4O2S2. The molecule has 6 nitrogen and oxygen atoms in total. The van der Waals surface area contributed by atoms with Crippen LogP contribution in [0.25, 0.3) is 0 Å². The van der Waals surface area contributed by atoms with Gasteiger partial charge in [0.05, 0.1) is 10.7 Å². The lowest BCUT2D eigenvalue weighted by atomic mass is 9.87. The molecular weight excluding hydrogens is 423 g/mol. The van der Waals surface area contributed by atoms with Gasteiger partial charge in [0.15, 0.2) is 5.13 Å². The summed E-state index contributed by atoms with van der Waals surface area (Å²) in [7, 11) is -4.10. The molecule has 152 valence electrons. The number of likely N-dealkylation sites (tertiary alicyclic amines) is 1. The van der Waals surface area contributed by atoms with Gasteiger partial charge in [-0.05, 0) is 44.5 Å². The van der Waals surface area contributed by atoms with E-state index in [4.69, 9.17) is 11.6 Å². The van der Waals surface area contributed by atoms with Crippen LogP contribution in [0.1, 0.15) is 32.1 Å². The Bertz CT molecular complexity index is 935. The van der Waals surface area contributed by atoms with Crippen LogP contribution in [-0.4, -0.2) is 43.5 Å². The molecule has 1 saturated heterocycles. The van der Waals surface area contributed by atoms with Crippen molar-refractivity contribution in [3.05, 3.63) is 34.5 Å². The molecule has 2 aromatic rings. The fourth-order valence-corrected chi connectivity index (χ4v) is 6.04. The van der Waals surface area contributed by atoms with Crippen LogP contribution < -0.4 is 10.0 Å². The molecule has 0 radical (unpaired) electrons. The van der Waals surface area contributed by atoms with Crippen LogP contribution in [0.15, 0.2) is 28.6 Å². The number of rotatable bonds is 6. The first-order valence-electron chi connectivity index (χ1n) is 9.36. The fraction of sp³-hybridized carbons (Fsp3) is 0.500. The van der Waals surface area contributed by atoms with Crippen LogP contribution in [0, 0.1) is 5.82 Å². The number of nitrogens with one attached hydrogen (secondary N) is 2. The largest absolute Gasteiger partial charge is 0.379 e. The van der Waals surface area contributed by atoms with Gasteiger partial charge in [0.25, 0.3) is 10.0 Å². The summed E-state index contributed by atoms with van der Waals surface area (Å²) < 4.78 is 42.0. The molecule has 0 unspecified atom stereocenters. The van der Waals surface area contributed by atoms with Crippen molar-refractivity contribution in [2.75, 3.05) is 23.1 Å². The molecule has 10 heteroatoms. The molecule has 2 fully saturated rings. The molecule has 0 bridgehead atoms. The molecule has 1 aliphatic heterocycles. The molecule has 0 spiro atoms. The normalized spacial score (nSPS) is 23.2. The minimum atomic E-state index is -4.10. The van der Waals surface area contributed by atoms with Gasteiger partial charge in [-0.3, -0.25) is 9.62 Å². The predicted octanol–water partition coefficient (Wildman–Crippen LogP) is 4.17. The average molecular weight is 445 g/mol. The second kappa shape index (κ2) is 8.14. The van der Waals surface area contributed by atoms with Crippen LogP contribution in [0.4, 0.5) is 15.2 Å². The Morgan fingerprint density at radius 3 is 2.68 bits per heavy atom. The second-order valence-electron chi connectivity index (χ2n) is 7.20. The highest BCUT2D eigenvalue weighted by atomic mass is 35.5. The van der Waals surface area contributed by atoms with Gasteiger partial charge < -0.3 is 5.32 Å². The molecule has 1 saturated carbocycles. The number of aromatic nitrogens is 1. The van der Waals surface area contributed by atoms with E-state index < -0.39 is 20.7 Å². The Morgan fingerprint density at radius 1 is 1.21 bits per heavy atom. The van der Waals surface area contributed by atoms with Crippen molar-refractivity contribution in [1.29, 1.82) is 0 Å². The van der Waals surface area contributed by atoms with E-state index in [9.17, 15) is 12.8 Å². The topological polar surface area (TPSA) is 74.3 Å². The van der Waals surface area contributed by atoms with E-state index in [1.165, 1.54) is 25.1 Å². The van der Waals surface area contributed by atoms with E-state index in [-0.39, 0.29) is 16.2 Å². The van der Waals surface area contributed by atoms with Crippen molar-refractivity contribution in [1.82, 2.24) is 9.88 Å². The zero-order valence-electron chi connectivity index (χ0n) is 15.2. The van der Waals surface area contributed by atoms with E-state index in [1.54, 1.807) is 5.38 Å². The van der Waals surface area contributed by atoms with Crippen LogP contribution in [0.5, 0.6) is 0 Å². The summed E-state index contributed by atoms with van der Waals surface area (Å²) in [5.41, 5.74) is 0.435. The summed E-state index contributed by atoms with van der Waals surface area (Å²) in [4.78, 5) is 5.84. The molecule has 2 atom stereocenters. The van der Waals surface area contributed by atoms with Crippen LogP contribution in [-0.2, 0) is 10.0 Å². The minimum absolute atomic E-state index is 0.178. The number of nitrogens with zero attached hydrogens (tertiary/aromatic N) is 2. The Balaban J connectivity index is 1.55. The summed E-state index contributed by atoms with van der Waals surface area (Å²) in [5.74, 6) is -0.840. The van der Waals surface area contributed by atoms with E-state index in [1.807, 2.05) is 0 Å². The molecule has 4 rings (SSSR count). The lowest BCUT2D eigenvalue weighted by molar-refractivity contribution is 0.0828. The third-order valence-corrected chi connectivity index (χ3v) is 7.88. The molecule has 1 aromatic carbocycles. The average Bonchev–Trinajstić information content (AvgIpc) is 3.10. The molecule has 1 aliphatic carbocycles. The smallest absolute Gasteiger partial charge is 0.266 e. The van der Waals surface area contributed by atoms with Gasteiger partial charge in [0.1, 0.15) is 10.7 Å². The Hall–Kier alpha value is -1.42. The first-order chi connectivity index (χ1) is 13.4. The van der Waals surface area contributed by atoms with Crippen molar-refractivity contribution in [2.24, 2.45) is 0 Å². The van der Waals surface area contributed by atoms with Crippen molar-refractivity contribution >= 4 is 43.8 Å². The summed E-state index contributed by atoms with van der Waals surface area (Å²) >= 11 is 7.45. The van der Waals surface area contributed by atoms with Gasteiger partial charge in [-0.2, -0.15) is 0 Å². The molecule has 2 heterocycles. The van der Waals surface area contributed by atoms with Gasteiger partial charge in [0, 0.05) is 23.7 Å². The number of halogens is 2. The monoisotopic (exact) mass is 444 g/mol. The zero-order valence-corrected chi connectivity index (χ0v) is 17.6. The van der Waals surface area contributed by atoms with Gasteiger partial charge in [-0.25, -0.2) is 17.8 Å². The lowest BCUT2D eigenvalue weighted by Crippen LogP contribution is -2.54. The Labute approximate surface area is 173 Å². The van der Waals surface area contributed by atoms with Crippen molar-refractivity contribution in [2.45, 2.75) is 49.1 Å². The standard InChI is InChI=1S/C18H22ClFN4O2S2/c19-12-10-17(28(25,26)23-18-21-6-9-27-18)13(20)11-15(12)22-14-4-1-2-5-16(14)24-7-3-8-24/h6,9-11,14,16,22H,1-5,7-8H2,(H,21,23)/t14-,16-/m0/s1. The maximum atomic E-state index is 14.7. The van der Waals surface area contributed by atoms with Gasteiger partial charge in [0.2, 0.25) is 0 Å².